The molecular formula is C19H25N3OS. The number of nitrogens with one attached hydrogen (secondary N) is 1. The summed E-state index contributed by atoms with van der Waals surface area (Å²) in [5.74, 6) is 2.35. The van der Waals surface area contributed by atoms with Crippen LogP contribution in [0.25, 0.3) is 0 Å². The predicted molar refractivity (Wildman–Crippen MR) is 99.4 cm³/mol. The van der Waals surface area contributed by atoms with E-state index in [9.17, 15) is 4.79 Å². The Balaban J connectivity index is 1.71. The lowest BCUT2D eigenvalue weighted by atomic mass is 9.86. The fourth-order valence-corrected chi connectivity index (χ4v) is 4.42. The maximum atomic E-state index is 12.7. The number of hydrogen-bond acceptors (Lipinski definition) is 4. The summed E-state index contributed by atoms with van der Waals surface area (Å²) in [6.45, 7) is 3.75. The van der Waals surface area contributed by atoms with Gasteiger partial charge in [-0.15, -0.1) is 0 Å². The van der Waals surface area contributed by atoms with E-state index in [2.05, 4.69) is 18.3 Å². The third-order valence-corrected chi connectivity index (χ3v) is 5.94. The van der Waals surface area contributed by atoms with Crippen LogP contribution in [0, 0.1) is 24.2 Å². The third-order valence-electron chi connectivity index (χ3n) is 5.00. The van der Waals surface area contributed by atoms with Gasteiger partial charge in [0.15, 0.2) is 0 Å². The van der Waals surface area contributed by atoms with Gasteiger partial charge in [0, 0.05) is 47.8 Å². The zero-order chi connectivity index (χ0) is 16.9. The highest BCUT2D eigenvalue weighted by molar-refractivity contribution is 7.99. The summed E-state index contributed by atoms with van der Waals surface area (Å²) in [4.78, 5) is 14.7. The van der Waals surface area contributed by atoms with Gasteiger partial charge in [-0.3, -0.25) is 4.79 Å². The minimum absolute atomic E-state index is 0.136. The van der Waals surface area contributed by atoms with E-state index in [0.717, 1.165) is 67.1 Å². The van der Waals surface area contributed by atoms with E-state index in [1.54, 1.807) is 0 Å². The van der Waals surface area contributed by atoms with Gasteiger partial charge in [0.1, 0.15) is 0 Å². The number of benzene rings is 1. The van der Waals surface area contributed by atoms with E-state index in [-0.39, 0.29) is 11.8 Å². The molecule has 24 heavy (non-hydrogen) atoms. The Kier molecular flexibility index (Phi) is 5.68. The number of hydrogen-bond donors (Lipinski definition) is 1. The molecule has 1 aromatic carbocycles. The number of rotatable bonds is 3. The van der Waals surface area contributed by atoms with Gasteiger partial charge in [-0.25, -0.2) is 0 Å². The largest absolute Gasteiger partial charge is 0.382 e. The van der Waals surface area contributed by atoms with Gasteiger partial charge < -0.3 is 10.2 Å². The Morgan fingerprint density at radius 3 is 2.88 bits per heavy atom. The molecule has 5 heteroatoms. The molecule has 0 spiro atoms. The van der Waals surface area contributed by atoms with E-state index in [4.69, 9.17) is 5.26 Å². The second kappa shape index (κ2) is 7.94. The topological polar surface area (TPSA) is 56.1 Å². The van der Waals surface area contributed by atoms with Crippen LogP contribution in [0.15, 0.2) is 18.2 Å². The molecule has 1 aromatic rings. The molecule has 0 unspecified atom stereocenters. The monoisotopic (exact) mass is 343 g/mol. The first kappa shape index (κ1) is 17.2. The van der Waals surface area contributed by atoms with Crippen LogP contribution in [0.5, 0.6) is 0 Å². The molecule has 1 N–H and O–H groups in total. The molecule has 1 aliphatic carbocycles. The van der Waals surface area contributed by atoms with Crippen molar-refractivity contribution >= 4 is 23.4 Å². The Labute approximate surface area is 148 Å². The molecule has 1 amide bonds. The predicted octanol–water partition coefficient (Wildman–Crippen LogP) is 3.68. The minimum Gasteiger partial charge on any atom is -0.382 e. The van der Waals surface area contributed by atoms with Crippen molar-refractivity contribution in [3.05, 3.63) is 29.3 Å². The second-order valence-corrected chi connectivity index (χ2v) is 7.99. The van der Waals surface area contributed by atoms with Crippen molar-refractivity contribution in [1.29, 1.82) is 5.26 Å². The van der Waals surface area contributed by atoms with Crippen molar-refractivity contribution in [3.8, 4) is 6.07 Å². The Morgan fingerprint density at radius 1 is 1.33 bits per heavy atom. The van der Waals surface area contributed by atoms with Gasteiger partial charge in [-0.05, 0) is 43.9 Å². The molecule has 3 rings (SSSR count). The second-order valence-electron chi connectivity index (χ2n) is 6.77. The molecular weight excluding hydrogens is 318 g/mol. The summed E-state index contributed by atoms with van der Waals surface area (Å²) >= 11 is 1.91. The van der Waals surface area contributed by atoms with Gasteiger partial charge >= 0.3 is 0 Å². The van der Waals surface area contributed by atoms with Crippen LogP contribution in [0.1, 0.15) is 41.6 Å². The zero-order valence-corrected chi connectivity index (χ0v) is 15.1. The van der Waals surface area contributed by atoms with E-state index in [1.165, 1.54) is 0 Å². The lowest BCUT2D eigenvalue weighted by molar-refractivity contribution is 0.0772. The molecule has 128 valence electrons. The summed E-state index contributed by atoms with van der Waals surface area (Å²) in [7, 11) is 0. The van der Waals surface area contributed by atoms with Crippen LogP contribution in [0.3, 0.4) is 0 Å². The number of thioether (sulfide) groups is 1. The number of anilines is 1. The van der Waals surface area contributed by atoms with Crippen LogP contribution in [-0.2, 0) is 0 Å². The highest BCUT2D eigenvalue weighted by Gasteiger charge is 2.23. The van der Waals surface area contributed by atoms with Crippen LogP contribution >= 0.6 is 11.8 Å². The van der Waals surface area contributed by atoms with Gasteiger partial charge in [0.25, 0.3) is 5.91 Å². The maximum absolute atomic E-state index is 12.7. The van der Waals surface area contributed by atoms with Crippen LogP contribution in [-0.4, -0.2) is 41.4 Å². The van der Waals surface area contributed by atoms with E-state index in [0.29, 0.717) is 6.04 Å². The van der Waals surface area contributed by atoms with Gasteiger partial charge in [-0.2, -0.15) is 17.0 Å². The lowest BCUT2D eigenvalue weighted by Crippen LogP contribution is -2.38. The smallest absolute Gasteiger partial charge is 0.253 e. The fourth-order valence-electron chi connectivity index (χ4n) is 3.52. The van der Waals surface area contributed by atoms with Crippen molar-refractivity contribution in [3.63, 3.8) is 0 Å². The maximum Gasteiger partial charge on any atom is 0.253 e. The number of carbonyl (C=O) groups excluding carboxylic acids is 1. The molecule has 2 atom stereocenters. The van der Waals surface area contributed by atoms with Crippen molar-refractivity contribution in [2.24, 2.45) is 5.92 Å². The lowest BCUT2D eigenvalue weighted by Gasteiger charge is -2.29. The molecule has 1 saturated heterocycles. The highest BCUT2D eigenvalue weighted by atomic mass is 32.2. The van der Waals surface area contributed by atoms with Crippen molar-refractivity contribution in [2.45, 2.75) is 38.6 Å². The average molecular weight is 343 g/mol. The normalized spacial score (nSPS) is 24.2. The number of carbonyl (C=O) groups is 1. The van der Waals surface area contributed by atoms with E-state index in [1.807, 2.05) is 34.9 Å². The van der Waals surface area contributed by atoms with Crippen LogP contribution in [0.4, 0.5) is 5.69 Å². The van der Waals surface area contributed by atoms with Crippen LogP contribution in [0.2, 0.25) is 0 Å². The quantitative estimate of drug-likeness (QED) is 0.909. The molecule has 0 bridgehead atoms. The molecule has 1 heterocycles. The first-order valence-electron chi connectivity index (χ1n) is 8.81. The van der Waals surface area contributed by atoms with E-state index >= 15 is 0 Å². The van der Waals surface area contributed by atoms with Gasteiger partial charge in [-0.1, -0.05) is 12.5 Å². The van der Waals surface area contributed by atoms with Crippen molar-refractivity contribution < 1.29 is 4.79 Å². The van der Waals surface area contributed by atoms with Crippen molar-refractivity contribution in [2.75, 3.05) is 29.9 Å². The number of nitriles is 1. The molecule has 2 fully saturated rings. The Hall–Kier alpha value is -1.67. The summed E-state index contributed by atoms with van der Waals surface area (Å²) in [6.07, 6.45) is 4.11. The average Bonchev–Trinajstić information content (AvgIpc) is 2.64. The molecule has 2 aliphatic rings. The molecule has 0 aromatic heterocycles. The summed E-state index contributed by atoms with van der Waals surface area (Å²) < 4.78 is 0. The summed E-state index contributed by atoms with van der Waals surface area (Å²) in [5, 5.41) is 12.7. The summed E-state index contributed by atoms with van der Waals surface area (Å²) in [6, 6.07) is 8.69. The summed E-state index contributed by atoms with van der Waals surface area (Å²) in [5.41, 5.74) is 2.96. The van der Waals surface area contributed by atoms with Gasteiger partial charge in [0.2, 0.25) is 0 Å². The minimum atomic E-state index is 0.136. The standard InChI is InChI=1S/C19H25N3OS/c1-14-5-6-16(19(23)22-7-9-24-10-8-22)12-18(14)21-17-4-2-3-15(11-17)13-20/h5-6,12,15,17,21H,2-4,7-11H2,1H3/t15-,17+/m0/s1. The number of amides is 1. The molecule has 1 aliphatic heterocycles. The van der Waals surface area contributed by atoms with E-state index < -0.39 is 0 Å². The first-order chi connectivity index (χ1) is 11.7. The number of aryl methyl sites for hydroxylation is 1. The Morgan fingerprint density at radius 2 is 2.12 bits per heavy atom. The number of nitrogens with zero attached hydrogens (tertiary/aromatic N) is 2. The fraction of sp³-hybridized carbons (Fsp3) is 0.579. The van der Waals surface area contributed by atoms with Crippen molar-refractivity contribution in [1.82, 2.24) is 4.90 Å². The first-order valence-corrected chi connectivity index (χ1v) is 9.96. The zero-order valence-electron chi connectivity index (χ0n) is 14.3. The third kappa shape index (κ3) is 4.05. The van der Waals surface area contributed by atoms with Crippen LogP contribution < -0.4 is 5.32 Å². The SMILES string of the molecule is Cc1ccc(C(=O)N2CCSCC2)cc1N[C@@H]1CCC[C@H](C#N)C1. The highest BCUT2D eigenvalue weighted by Crippen LogP contribution is 2.28. The molecule has 1 saturated carbocycles. The molecule has 4 nitrogen and oxygen atoms in total. The Bertz CT molecular complexity index is 634. The molecule has 0 radical (unpaired) electrons. The van der Waals surface area contributed by atoms with Gasteiger partial charge in [0.05, 0.1) is 6.07 Å².